The van der Waals surface area contributed by atoms with Crippen LogP contribution >= 0.6 is 0 Å². The smallest absolute Gasteiger partial charge is 0.380 e. The second-order valence-corrected chi connectivity index (χ2v) is 4.87. The van der Waals surface area contributed by atoms with Crippen molar-refractivity contribution < 1.29 is 36.2 Å². The zero-order valence-corrected chi connectivity index (χ0v) is 12.5. The van der Waals surface area contributed by atoms with Gasteiger partial charge in [0.1, 0.15) is 0 Å². The van der Waals surface area contributed by atoms with Crippen molar-refractivity contribution in [1.29, 1.82) is 0 Å². The first-order valence-corrected chi connectivity index (χ1v) is 6.70. The van der Waals surface area contributed by atoms with E-state index < -0.39 is 23.5 Å². The third kappa shape index (κ3) is 4.08. The van der Waals surface area contributed by atoms with Crippen molar-refractivity contribution in [1.82, 2.24) is 0 Å². The van der Waals surface area contributed by atoms with Crippen molar-refractivity contribution in [2.45, 2.75) is 24.9 Å². The van der Waals surface area contributed by atoms with E-state index in [-0.39, 0.29) is 0 Å². The molecule has 0 aliphatic heterocycles. The molecule has 23 heavy (non-hydrogen) atoms. The molecule has 0 aromatic heterocycles. The molecule has 0 atom stereocenters. The monoisotopic (exact) mass is 345 g/mol. The van der Waals surface area contributed by atoms with Crippen LogP contribution in [-0.4, -0.2) is 44.3 Å². The fourth-order valence-corrected chi connectivity index (χ4v) is 1.92. The molecule has 1 aromatic carbocycles. The highest BCUT2D eigenvalue weighted by molar-refractivity contribution is 5.48. The lowest BCUT2D eigenvalue weighted by Gasteiger charge is -2.33. The zero-order chi connectivity index (χ0) is 17.9. The number of aliphatic hydroxyl groups is 1. The van der Waals surface area contributed by atoms with Gasteiger partial charge in [0.2, 0.25) is 0 Å². The SMILES string of the molecule is CCOCCN(C)c1ccc(C(O)(C(F)(F)F)C(F)(F)F)cc1. The summed E-state index contributed by atoms with van der Waals surface area (Å²) in [7, 11) is 1.62. The Bertz CT molecular complexity index is 483. The van der Waals surface area contributed by atoms with Crippen molar-refractivity contribution in [3.8, 4) is 0 Å². The Hall–Kier alpha value is -1.48. The van der Waals surface area contributed by atoms with Crippen LogP contribution in [0.1, 0.15) is 12.5 Å². The summed E-state index contributed by atoms with van der Waals surface area (Å²) in [6, 6.07) is 3.41. The molecular weight excluding hydrogens is 328 g/mol. The molecule has 1 N–H and O–H groups in total. The Morgan fingerprint density at radius 2 is 1.48 bits per heavy atom. The van der Waals surface area contributed by atoms with Gasteiger partial charge >= 0.3 is 12.4 Å². The number of hydrogen-bond acceptors (Lipinski definition) is 3. The summed E-state index contributed by atoms with van der Waals surface area (Å²) >= 11 is 0. The molecule has 9 heteroatoms. The fraction of sp³-hybridized carbons (Fsp3) is 0.571. The molecule has 0 saturated heterocycles. The van der Waals surface area contributed by atoms with E-state index in [1.54, 1.807) is 18.9 Å². The quantitative estimate of drug-likeness (QED) is 0.633. The number of alkyl halides is 6. The van der Waals surface area contributed by atoms with Crippen molar-refractivity contribution in [3.63, 3.8) is 0 Å². The summed E-state index contributed by atoms with van der Waals surface area (Å²) in [5.41, 5.74) is -5.78. The number of anilines is 1. The van der Waals surface area contributed by atoms with Crippen LogP contribution < -0.4 is 4.90 Å². The highest BCUT2D eigenvalue weighted by Crippen LogP contribution is 2.50. The van der Waals surface area contributed by atoms with Crippen molar-refractivity contribution >= 4 is 5.69 Å². The van der Waals surface area contributed by atoms with Crippen LogP contribution in [0.2, 0.25) is 0 Å². The summed E-state index contributed by atoms with van der Waals surface area (Å²) in [6.45, 7) is 3.07. The van der Waals surface area contributed by atoms with Gasteiger partial charge in [0.15, 0.2) is 0 Å². The third-order valence-corrected chi connectivity index (χ3v) is 3.32. The Kier molecular flexibility index (Phi) is 5.92. The topological polar surface area (TPSA) is 32.7 Å². The summed E-state index contributed by atoms with van der Waals surface area (Å²) < 4.78 is 81.6. The van der Waals surface area contributed by atoms with E-state index in [1.165, 1.54) is 0 Å². The van der Waals surface area contributed by atoms with Gasteiger partial charge < -0.3 is 14.7 Å². The molecule has 0 aliphatic carbocycles. The first kappa shape index (κ1) is 19.6. The standard InChI is InChI=1S/C14H17F6NO2/c1-3-23-9-8-21(2)11-6-4-10(5-7-11)12(22,13(15,16)17)14(18,19)20/h4-7,22H,3,8-9H2,1-2H3. The van der Waals surface area contributed by atoms with Crippen LogP contribution in [0.25, 0.3) is 0 Å². The van der Waals surface area contributed by atoms with Gasteiger partial charge in [-0.15, -0.1) is 0 Å². The van der Waals surface area contributed by atoms with E-state index in [2.05, 4.69) is 0 Å². The first-order valence-electron chi connectivity index (χ1n) is 6.70. The summed E-state index contributed by atoms with van der Waals surface area (Å²) in [5.74, 6) is 0. The number of benzene rings is 1. The molecular formula is C14H17F6NO2. The maximum atomic E-state index is 12.8. The summed E-state index contributed by atoms with van der Waals surface area (Å²) in [6.07, 6.45) is -11.8. The molecule has 0 fully saturated rings. The molecule has 0 amide bonds. The second kappa shape index (κ2) is 6.96. The van der Waals surface area contributed by atoms with Gasteiger partial charge in [-0.25, -0.2) is 0 Å². The van der Waals surface area contributed by atoms with Crippen molar-refractivity contribution in [3.05, 3.63) is 29.8 Å². The highest BCUT2D eigenvalue weighted by Gasteiger charge is 2.71. The fourth-order valence-electron chi connectivity index (χ4n) is 1.92. The Labute approximate surface area is 129 Å². The molecule has 132 valence electrons. The predicted octanol–water partition coefficient (Wildman–Crippen LogP) is 3.47. The number of ether oxygens (including phenoxy) is 1. The molecule has 0 radical (unpaired) electrons. The lowest BCUT2D eigenvalue weighted by atomic mass is 9.92. The van der Waals surface area contributed by atoms with Gasteiger partial charge in [-0.3, -0.25) is 0 Å². The second-order valence-electron chi connectivity index (χ2n) is 4.87. The predicted molar refractivity (Wildman–Crippen MR) is 72.2 cm³/mol. The number of halogens is 6. The maximum Gasteiger partial charge on any atom is 0.430 e. The average Bonchev–Trinajstić information content (AvgIpc) is 2.44. The molecule has 0 aliphatic rings. The van der Waals surface area contributed by atoms with Crippen LogP contribution in [0.15, 0.2) is 24.3 Å². The van der Waals surface area contributed by atoms with E-state index in [0.29, 0.717) is 37.6 Å². The molecule has 1 rings (SSSR count). The maximum absolute atomic E-state index is 12.8. The molecule has 0 saturated carbocycles. The number of nitrogens with zero attached hydrogens (tertiary/aromatic N) is 1. The van der Waals surface area contributed by atoms with Crippen LogP contribution in [0.4, 0.5) is 32.0 Å². The van der Waals surface area contributed by atoms with E-state index >= 15 is 0 Å². The molecule has 0 unspecified atom stereocenters. The highest BCUT2D eigenvalue weighted by atomic mass is 19.4. The lowest BCUT2D eigenvalue weighted by molar-refractivity contribution is -0.376. The van der Waals surface area contributed by atoms with E-state index in [4.69, 9.17) is 4.74 Å². The van der Waals surface area contributed by atoms with E-state index in [9.17, 15) is 31.4 Å². The lowest BCUT2D eigenvalue weighted by Crippen LogP contribution is -2.53. The minimum atomic E-state index is -5.88. The minimum absolute atomic E-state index is 0.365. The van der Waals surface area contributed by atoms with Crippen molar-refractivity contribution in [2.24, 2.45) is 0 Å². The van der Waals surface area contributed by atoms with Crippen molar-refractivity contribution in [2.75, 3.05) is 31.7 Å². The van der Waals surface area contributed by atoms with Gasteiger partial charge in [-0.2, -0.15) is 26.3 Å². The van der Waals surface area contributed by atoms with Gasteiger partial charge in [-0.1, -0.05) is 12.1 Å². The Balaban J connectivity index is 3.06. The molecule has 1 aromatic rings. The van der Waals surface area contributed by atoms with Crippen LogP contribution in [0.5, 0.6) is 0 Å². The van der Waals surface area contributed by atoms with Gasteiger partial charge in [0, 0.05) is 31.5 Å². The summed E-state index contributed by atoms with van der Waals surface area (Å²) in [4.78, 5) is 1.61. The Morgan fingerprint density at radius 1 is 1.00 bits per heavy atom. The van der Waals surface area contributed by atoms with E-state index in [0.717, 1.165) is 12.1 Å². The normalized spacial score (nSPS) is 13.3. The molecule has 3 nitrogen and oxygen atoms in total. The van der Waals surface area contributed by atoms with Crippen LogP contribution in [0, 0.1) is 0 Å². The van der Waals surface area contributed by atoms with Crippen LogP contribution in [0.3, 0.4) is 0 Å². The first-order chi connectivity index (χ1) is 10.4. The molecule has 0 heterocycles. The minimum Gasteiger partial charge on any atom is -0.380 e. The molecule has 0 bridgehead atoms. The van der Waals surface area contributed by atoms with Gasteiger partial charge in [0.05, 0.1) is 6.61 Å². The summed E-state index contributed by atoms with van der Waals surface area (Å²) in [5, 5.41) is 9.27. The van der Waals surface area contributed by atoms with E-state index in [1.807, 2.05) is 0 Å². The largest absolute Gasteiger partial charge is 0.430 e. The average molecular weight is 345 g/mol. The van der Waals surface area contributed by atoms with Gasteiger partial charge in [0.25, 0.3) is 5.60 Å². The molecule has 0 spiro atoms. The Morgan fingerprint density at radius 3 is 1.87 bits per heavy atom. The number of likely N-dealkylation sites (N-methyl/N-ethyl adjacent to an activating group) is 1. The van der Waals surface area contributed by atoms with Crippen LogP contribution in [-0.2, 0) is 10.3 Å². The number of rotatable bonds is 6. The third-order valence-electron chi connectivity index (χ3n) is 3.32. The zero-order valence-electron chi connectivity index (χ0n) is 12.5. The number of hydrogen-bond donors (Lipinski definition) is 1. The van der Waals surface area contributed by atoms with Gasteiger partial charge in [-0.05, 0) is 19.1 Å².